The molecule has 4 heteroatoms. The molecule has 126 valence electrons. The Labute approximate surface area is 138 Å². The van der Waals surface area contributed by atoms with Crippen LogP contribution in [0.2, 0.25) is 0 Å². The fourth-order valence-corrected chi connectivity index (χ4v) is 2.85. The predicted octanol–water partition coefficient (Wildman–Crippen LogP) is 5.03. The molecule has 2 aromatic rings. The summed E-state index contributed by atoms with van der Waals surface area (Å²) >= 11 is 0. The number of aryl methyl sites for hydroxylation is 1. The maximum atomic E-state index is 11.5. The number of unbranched alkanes of at least 4 members (excludes halogenated alkanes) is 7. The Hall–Kier alpha value is -1.84. The molecular formula is C19H28N2O2. The van der Waals surface area contributed by atoms with Crippen LogP contribution in [0.1, 0.15) is 74.5 Å². The van der Waals surface area contributed by atoms with Crippen molar-refractivity contribution >= 4 is 17.0 Å². The SMILES string of the molecule is CCCCCCCCCCc1nc2ccc(C(=O)OC)cc2[nH]1. The predicted molar refractivity (Wildman–Crippen MR) is 93.7 cm³/mol. The minimum atomic E-state index is -0.314. The van der Waals surface area contributed by atoms with E-state index in [0.717, 1.165) is 29.7 Å². The van der Waals surface area contributed by atoms with Crippen LogP contribution < -0.4 is 0 Å². The Balaban J connectivity index is 1.76. The van der Waals surface area contributed by atoms with Crippen LogP contribution in [0.5, 0.6) is 0 Å². The van der Waals surface area contributed by atoms with Gasteiger partial charge in [-0.25, -0.2) is 9.78 Å². The van der Waals surface area contributed by atoms with Crippen molar-refractivity contribution in [2.75, 3.05) is 7.11 Å². The molecule has 0 spiro atoms. The monoisotopic (exact) mass is 316 g/mol. The van der Waals surface area contributed by atoms with Crippen molar-refractivity contribution in [3.05, 3.63) is 29.6 Å². The van der Waals surface area contributed by atoms with Crippen LogP contribution in [0.15, 0.2) is 18.2 Å². The molecule has 0 atom stereocenters. The largest absolute Gasteiger partial charge is 0.465 e. The summed E-state index contributed by atoms with van der Waals surface area (Å²) < 4.78 is 4.75. The first-order chi connectivity index (χ1) is 11.2. The summed E-state index contributed by atoms with van der Waals surface area (Å²) in [6, 6.07) is 5.44. The van der Waals surface area contributed by atoms with E-state index in [-0.39, 0.29) is 5.97 Å². The molecule has 0 unspecified atom stereocenters. The molecule has 0 aliphatic rings. The van der Waals surface area contributed by atoms with Crippen LogP contribution in [-0.2, 0) is 11.2 Å². The van der Waals surface area contributed by atoms with Gasteiger partial charge in [0.1, 0.15) is 5.82 Å². The summed E-state index contributed by atoms with van der Waals surface area (Å²) in [5.74, 6) is 0.694. The summed E-state index contributed by atoms with van der Waals surface area (Å²) in [5.41, 5.74) is 2.37. The van der Waals surface area contributed by atoms with Crippen molar-refractivity contribution in [2.45, 2.75) is 64.7 Å². The number of esters is 1. The van der Waals surface area contributed by atoms with Gasteiger partial charge in [-0.3, -0.25) is 0 Å². The second-order valence-electron chi connectivity index (χ2n) is 6.13. The summed E-state index contributed by atoms with van der Waals surface area (Å²) in [7, 11) is 1.40. The Bertz CT molecular complexity index is 619. The fourth-order valence-electron chi connectivity index (χ4n) is 2.85. The maximum absolute atomic E-state index is 11.5. The van der Waals surface area contributed by atoms with Crippen molar-refractivity contribution in [3.8, 4) is 0 Å². The minimum Gasteiger partial charge on any atom is -0.465 e. The molecule has 0 saturated heterocycles. The number of carbonyl (C=O) groups excluding carboxylic acids is 1. The van der Waals surface area contributed by atoms with Crippen molar-refractivity contribution in [1.29, 1.82) is 0 Å². The van der Waals surface area contributed by atoms with E-state index in [2.05, 4.69) is 16.9 Å². The average Bonchev–Trinajstić information content (AvgIpc) is 2.98. The van der Waals surface area contributed by atoms with E-state index in [1.54, 1.807) is 6.07 Å². The Kier molecular flexibility index (Phi) is 7.11. The molecule has 1 aromatic heterocycles. The lowest BCUT2D eigenvalue weighted by molar-refractivity contribution is 0.0601. The van der Waals surface area contributed by atoms with Gasteiger partial charge in [0.25, 0.3) is 0 Å². The van der Waals surface area contributed by atoms with E-state index in [1.165, 1.54) is 52.1 Å². The quantitative estimate of drug-likeness (QED) is 0.494. The van der Waals surface area contributed by atoms with Gasteiger partial charge in [-0.1, -0.05) is 51.9 Å². The summed E-state index contributed by atoms with van der Waals surface area (Å²) in [5, 5.41) is 0. The molecule has 23 heavy (non-hydrogen) atoms. The van der Waals surface area contributed by atoms with E-state index in [9.17, 15) is 4.79 Å². The van der Waals surface area contributed by atoms with Gasteiger partial charge in [-0.2, -0.15) is 0 Å². The first-order valence-electron chi connectivity index (χ1n) is 8.81. The zero-order valence-electron chi connectivity index (χ0n) is 14.4. The highest BCUT2D eigenvalue weighted by Gasteiger charge is 2.08. The van der Waals surface area contributed by atoms with E-state index in [0.29, 0.717) is 5.56 Å². The highest BCUT2D eigenvalue weighted by atomic mass is 16.5. The van der Waals surface area contributed by atoms with Gasteiger partial charge in [-0.15, -0.1) is 0 Å². The Morgan fingerprint density at radius 2 is 1.78 bits per heavy atom. The van der Waals surface area contributed by atoms with Crippen molar-refractivity contribution in [2.24, 2.45) is 0 Å². The highest BCUT2D eigenvalue weighted by molar-refractivity contribution is 5.93. The lowest BCUT2D eigenvalue weighted by Gasteiger charge is -2.00. The third-order valence-corrected chi connectivity index (χ3v) is 4.22. The van der Waals surface area contributed by atoms with Gasteiger partial charge in [0.05, 0.1) is 23.7 Å². The Morgan fingerprint density at radius 3 is 2.48 bits per heavy atom. The third kappa shape index (κ3) is 5.38. The number of aromatic amines is 1. The number of methoxy groups -OCH3 is 1. The number of ether oxygens (including phenoxy) is 1. The number of hydrogen-bond acceptors (Lipinski definition) is 3. The molecule has 1 N–H and O–H groups in total. The molecule has 1 heterocycles. The smallest absolute Gasteiger partial charge is 0.337 e. The molecule has 0 saturated carbocycles. The summed E-state index contributed by atoms with van der Waals surface area (Å²) in [6.07, 6.45) is 11.5. The number of benzene rings is 1. The minimum absolute atomic E-state index is 0.314. The topological polar surface area (TPSA) is 55.0 Å². The number of rotatable bonds is 10. The normalized spacial score (nSPS) is 11.0. The number of hydrogen-bond donors (Lipinski definition) is 1. The molecule has 2 rings (SSSR count). The average molecular weight is 316 g/mol. The molecule has 4 nitrogen and oxygen atoms in total. The number of nitrogens with one attached hydrogen (secondary N) is 1. The zero-order chi connectivity index (χ0) is 16.5. The number of aromatic nitrogens is 2. The van der Waals surface area contributed by atoms with Crippen LogP contribution in [0.4, 0.5) is 0 Å². The molecule has 0 aliphatic carbocycles. The fraction of sp³-hybridized carbons (Fsp3) is 0.579. The van der Waals surface area contributed by atoms with Crippen LogP contribution in [0, 0.1) is 0 Å². The second kappa shape index (κ2) is 9.33. The van der Waals surface area contributed by atoms with E-state index >= 15 is 0 Å². The number of fused-ring (bicyclic) bond motifs is 1. The van der Waals surface area contributed by atoms with Crippen LogP contribution >= 0.6 is 0 Å². The first-order valence-corrected chi connectivity index (χ1v) is 8.81. The van der Waals surface area contributed by atoms with E-state index in [1.807, 2.05) is 12.1 Å². The molecule has 0 bridgehead atoms. The summed E-state index contributed by atoms with van der Waals surface area (Å²) in [6.45, 7) is 2.25. The molecular weight excluding hydrogens is 288 g/mol. The number of nitrogens with zero attached hydrogens (tertiary/aromatic N) is 1. The molecule has 1 aromatic carbocycles. The molecule has 0 amide bonds. The van der Waals surface area contributed by atoms with Gasteiger partial charge in [0.15, 0.2) is 0 Å². The van der Waals surface area contributed by atoms with Crippen molar-refractivity contribution in [1.82, 2.24) is 9.97 Å². The standard InChI is InChI=1S/C19H28N2O2/c1-3-4-5-6-7-8-9-10-11-18-20-16-13-12-15(19(22)23-2)14-17(16)21-18/h12-14H,3-11H2,1-2H3,(H,20,21). The maximum Gasteiger partial charge on any atom is 0.337 e. The van der Waals surface area contributed by atoms with Crippen LogP contribution in [-0.4, -0.2) is 23.0 Å². The number of carbonyl (C=O) groups is 1. The van der Waals surface area contributed by atoms with Crippen LogP contribution in [0.25, 0.3) is 11.0 Å². The highest BCUT2D eigenvalue weighted by Crippen LogP contribution is 2.16. The second-order valence-corrected chi connectivity index (χ2v) is 6.13. The molecule has 0 fully saturated rings. The van der Waals surface area contributed by atoms with Gasteiger partial charge in [-0.05, 0) is 24.6 Å². The molecule has 0 radical (unpaired) electrons. The zero-order valence-corrected chi connectivity index (χ0v) is 14.4. The number of H-pyrrole nitrogens is 1. The van der Waals surface area contributed by atoms with E-state index < -0.39 is 0 Å². The van der Waals surface area contributed by atoms with Crippen molar-refractivity contribution < 1.29 is 9.53 Å². The third-order valence-electron chi connectivity index (χ3n) is 4.22. The van der Waals surface area contributed by atoms with E-state index in [4.69, 9.17) is 4.74 Å². The van der Waals surface area contributed by atoms with Gasteiger partial charge < -0.3 is 9.72 Å². The lowest BCUT2D eigenvalue weighted by Crippen LogP contribution is -2.00. The van der Waals surface area contributed by atoms with Gasteiger partial charge in [0, 0.05) is 6.42 Å². The van der Waals surface area contributed by atoms with Crippen molar-refractivity contribution in [3.63, 3.8) is 0 Å². The molecule has 0 aliphatic heterocycles. The number of imidazole rings is 1. The lowest BCUT2D eigenvalue weighted by atomic mass is 10.1. The van der Waals surface area contributed by atoms with Gasteiger partial charge in [0.2, 0.25) is 0 Å². The summed E-state index contributed by atoms with van der Waals surface area (Å²) in [4.78, 5) is 19.5. The Morgan fingerprint density at radius 1 is 1.09 bits per heavy atom. The van der Waals surface area contributed by atoms with Crippen LogP contribution in [0.3, 0.4) is 0 Å². The van der Waals surface area contributed by atoms with Gasteiger partial charge >= 0.3 is 5.97 Å². The first kappa shape index (κ1) is 17.5.